The number of nitrogens with zero attached hydrogens (tertiary/aromatic N) is 4. The molecule has 0 radical (unpaired) electrons. The van der Waals surface area contributed by atoms with Crippen molar-refractivity contribution in [3.05, 3.63) is 45.9 Å². The van der Waals surface area contributed by atoms with Gasteiger partial charge in [-0.25, -0.2) is 9.67 Å². The van der Waals surface area contributed by atoms with Gasteiger partial charge in [-0.05, 0) is 39.8 Å². The van der Waals surface area contributed by atoms with Crippen molar-refractivity contribution in [1.82, 2.24) is 25.0 Å². The molecule has 8 heteroatoms. The second kappa shape index (κ2) is 6.62. The number of aryl methyl sites for hydroxylation is 2. The zero-order chi connectivity index (χ0) is 19.1. The van der Waals surface area contributed by atoms with Crippen molar-refractivity contribution >= 4 is 34.1 Å². The Morgan fingerprint density at radius 1 is 1.30 bits per heavy atom. The summed E-state index contributed by atoms with van der Waals surface area (Å²) in [6, 6.07) is 5.80. The molecular weight excluding hydrogens is 360 g/mol. The highest BCUT2D eigenvalue weighted by Crippen LogP contribution is 2.32. The molecule has 0 fully saturated rings. The number of thiophene rings is 1. The molecule has 0 unspecified atom stereocenters. The highest BCUT2D eigenvalue weighted by molar-refractivity contribution is 7.12. The standard InChI is InChI=1S/C19H20N6OS/c1-10(2)25-18-15(9-21-25)14(19(26)23-17-5-6-20-24-17)8-16(22-18)13-7-11(3)27-12(13)4/h5-10H,1-4H3,(H2,20,23,24,26). The fraction of sp³-hybridized carbons (Fsp3) is 0.263. The van der Waals surface area contributed by atoms with Crippen LogP contribution in [0.15, 0.2) is 30.6 Å². The minimum absolute atomic E-state index is 0.138. The summed E-state index contributed by atoms with van der Waals surface area (Å²) in [5.41, 5.74) is 3.08. The van der Waals surface area contributed by atoms with Crippen LogP contribution in [0.4, 0.5) is 5.82 Å². The van der Waals surface area contributed by atoms with E-state index in [9.17, 15) is 4.79 Å². The quantitative estimate of drug-likeness (QED) is 0.551. The first-order chi connectivity index (χ1) is 12.9. The summed E-state index contributed by atoms with van der Waals surface area (Å²) in [5, 5.41) is 14.7. The van der Waals surface area contributed by atoms with Crippen LogP contribution in [0.2, 0.25) is 0 Å². The summed E-state index contributed by atoms with van der Waals surface area (Å²) in [4.78, 5) is 20.2. The maximum atomic E-state index is 13.0. The summed E-state index contributed by atoms with van der Waals surface area (Å²) < 4.78 is 1.85. The SMILES string of the molecule is Cc1cc(-c2cc(C(=O)Nc3ccn[nH]3)c3cnn(C(C)C)c3n2)c(C)s1. The van der Waals surface area contributed by atoms with Crippen molar-refractivity contribution in [3.63, 3.8) is 0 Å². The average Bonchev–Trinajstić information content (AvgIpc) is 3.33. The van der Waals surface area contributed by atoms with Gasteiger partial charge >= 0.3 is 0 Å². The zero-order valence-electron chi connectivity index (χ0n) is 15.6. The maximum Gasteiger partial charge on any atom is 0.257 e. The molecule has 0 aliphatic heterocycles. The number of carbonyl (C=O) groups is 1. The molecule has 4 rings (SSSR count). The molecule has 0 aliphatic carbocycles. The summed E-state index contributed by atoms with van der Waals surface area (Å²) in [6.45, 7) is 8.24. The monoisotopic (exact) mass is 380 g/mol. The van der Waals surface area contributed by atoms with E-state index in [2.05, 4.69) is 40.5 Å². The maximum absolute atomic E-state index is 13.0. The first kappa shape index (κ1) is 17.4. The predicted octanol–water partition coefficient (Wildman–Crippen LogP) is 4.33. The highest BCUT2D eigenvalue weighted by Gasteiger charge is 2.20. The molecule has 0 atom stereocenters. The molecule has 138 valence electrons. The normalized spacial score (nSPS) is 11.4. The predicted molar refractivity (Wildman–Crippen MR) is 107 cm³/mol. The number of carbonyl (C=O) groups excluding carboxylic acids is 1. The summed E-state index contributed by atoms with van der Waals surface area (Å²) in [6.07, 6.45) is 3.30. The molecular formula is C19H20N6OS. The lowest BCUT2D eigenvalue weighted by Gasteiger charge is -2.10. The van der Waals surface area contributed by atoms with Crippen molar-refractivity contribution in [2.45, 2.75) is 33.7 Å². The van der Waals surface area contributed by atoms with Crippen LogP contribution in [0.25, 0.3) is 22.3 Å². The average molecular weight is 380 g/mol. The van der Waals surface area contributed by atoms with Crippen molar-refractivity contribution in [2.75, 3.05) is 5.32 Å². The number of H-pyrrole nitrogens is 1. The number of rotatable bonds is 4. The molecule has 0 saturated carbocycles. The summed E-state index contributed by atoms with van der Waals surface area (Å²) in [7, 11) is 0. The minimum atomic E-state index is -0.221. The van der Waals surface area contributed by atoms with Crippen LogP contribution in [-0.4, -0.2) is 30.9 Å². The smallest absolute Gasteiger partial charge is 0.257 e. The van der Waals surface area contributed by atoms with Crippen molar-refractivity contribution < 1.29 is 4.79 Å². The number of amides is 1. The van der Waals surface area contributed by atoms with E-state index in [0.717, 1.165) is 16.6 Å². The molecule has 27 heavy (non-hydrogen) atoms. The van der Waals surface area contributed by atoms with E-state index in [1.807, 2.05) is 24.6 Å². The third-order valence-electron chi connectivity index (χ3n) is 4.37. The van der Waals surface area contributed by atoms with Gasteiger partial charge in [0.05, 0.1) is 29.0 Å². The number of hydrogen-bond donors (Lipinski definition) is 2. The van der Waals surface area contributed by atoms with Gasteiger partial charge in [0.2, 0.25) is 0 Å². The van der Waals surface area contributed by atoms with Gasteiger partial charge < -0.3 is 5.32 Å². The number of fused-ring (bicyclic) bond motifs is 1. The molecule has 4 aromatic rings. The Morgan fingerprint density at radius 2 is 2.11 bits per heavy atom. The Labute approximate surface area is 160 Å². The number of nitrogens with one attached hydrogen (secondary N) is 2. The van der Waals surface area contributed by atoms with Gasteiger partial charge in [-0.2, -0.15) is 10.2 Å². The fourth-order valence-electron chi connectivity index (χ4n) is 3.12. The molecule has 4 aromatic heterocycles. The van der Waals surface area contributed by atoms with Crippen molar-refractivity contribution in [1.29, 1.82) is 0 Å². The van der Waals surface area contributed by atoms with Gasteiger partial charge in [-0.15, -0.1) is 11.3 Å². The van der Waals surface area contributed by atoms with E-state index in [1.165, 1.54) is 9.75 Å². The van der Waals surface area contributed by atoms with Gasteiger partial charge in [0.1, 0.15) is 5.82 Å². The van der Waals surface area contributed by atoms with E-state index in [1.54, 1.807) is 29.8 Å². The molecule has 2 N–H and O–H groups in total. The fourth-order valence-corrected chi connectivity index (χ4v) is 4.06. The lowest BCUT2D eigenvalue weighted by molar-refractivity contribution is 0.102. The first-order valence-electron chi connectivity index (χ1n) is 8.70. The van der Waals surface area contributed by atoms with Gasteiger partial charge in [0, 0.05) is 27.4 Å². The van der Waals surface area contributed by atoms with Crippen molar-refractivity contribution in [3.8, 4) is 11.3 Å². The van der Waals surface area contributed by atoms with Gasteiger partial charge in [0.15, 0.2) is 5.65 Å². The molecule has 4 heterocycles. The molecule has 7 nitrogen and oxygen atoms in total. The second-order valence-electron chi connectivity index (χ2n) is 6.73. The van der Waals surface area contributed by atoms with Crippen molar-refractivity contribution in [2.24, 2.45) is 0 Å². The Bertz CT molecular complexity index is 1120. The van der Waals surface area contributed by atoms with Crippen LogP contribution < -0.4 is 5.32 Å². The van der Waals surface area contributed by atoms with Crippen LogP contribution in [0.3, 0.4) is 0 Å². The number of aromatic amines is 1. The number of anilines is 1. The first-order valence-corrected chi connectivity index (χ1v) is 9.52. The van der Waals surface area contributed by atoms with E-state index < -0.39 is 0 Å². The van der Waals surface area contributed by atoms with Gasteiger partial charge in [-0.1, -0.05) is 0 Å². The number of hydrogen-bond acceptors (Lipinski definition) is 5. The van der Waals surface area contributed by atoms with E-state index >= 15 is 0 Å². The van der Waals surface area contributed by atoms with Gasteiger partial charge in [-0.3, -0.25) is 9.89 Å². The molecule has 0 aromatic carbocycles. The Hall–Kier alpha value is -3.00. The highest BCUT2D eigenvalue weighted by atomic mass is 32.1. The second-order valence-corrected chi connectivity index (χ2v) is 8.19. The number of pyridine rings is 1. The third-order valence-corrected chi connectivity index (χ3v) is 5.33. The Morgan fingerprint density at radius 3 is 2.74 bits per heavy atom. The zero-order valence-corrected chi connectivity index (χ0v) is 16.4. The topological polar surface area (TPSA) is 88.5 Å². The molecule has 0 aliphatic rings. The molecule has 0 bridgehead atoms. The van der Waals surface area contributed by atoms with Crippen LogP contribution in [-0.2, 0) is 0 Å². The van der Waals surface area contributed by atoms with Crippen LogP contribution in [0, 0.1) is 13.8 Å². The largest absolute Gasteiger partial charge is 0.307 e. The molecule has 0 saturated heterocycles. The van der Waals surface area contributed by atoms with Crippen LogP contribution in [0.5, 0.6) is 0 Å². The summed E-state index contributed by atoms with van der Waals surface area (Å²) >= 11 is 1.72. The summed E-state index contributed by atoms with van der Waals surface area (Å²) in [5.74, 6) is 0.325. The minimum Gasteiger partial charge on any atom is -0.307 e. The number of aromatic nitrogens is 5. The third kappa shape index (κ3) is 3.12. The van der Waals surface area contributed by atoms with E-state index in [4.69, 9.17) is 4.98 Å². The molecule has 1 amide bonds. The van der Waals surface area contributed by atoms with Crippen LogP contribution in [0.1, 0.15) is 40.0 Å². The Kier molecular flexibility index (Phi) is 4.27. The lowest BCUT2D eigenvalue weighted by atomic mass is 10.1. The molecule has 0 spiro atoms. The van der Waals surface area contributed by atoms with E-state index in [-0.39, 0.29) is 11.9 Å². The Balaban J connectivity index is 1.90. The van der Waals surface area contributed by atoms with Crippen LogP contribution >= 0.6 is 11.3 Å². The van der Waals surface area contributed by atoms with Gasteiger partial charge in [0.25, 0.3) is 5.91 Å². The lowest BCUT2D eigenvalue weighted by Crippen LogP contribution is -2.13. The van der Waals surface area contributed by atoms with E-state index in [0.29, 0.717) is 17.0 Å².